The molecular weight excluding hydrogens is 264 g/mol. The molecule has 1 heterocycles. The molecule has 16 heavy (non-hydrogen) atoms. The first kappa shape index (κ1) is 13.7. The molecule has 1 atom stereocenters. The van der Waals surface area contributed by atoms with Crippen molar-refractivity contribution in [3.05, 3.63) is 28.5 Å². The predicted molar refractivity (Wildman–Crippen MR) is 72.6 cm³/mol. The van der Waals surface area contributed by atoms with Gasteiger partial charge in [-0.3, -0.25) is 4.98 Å². The minimum Gasteiger partial charge on any atom is -0.314 e. The SMILES string of the molecule is CCCCC(Cc1ccc(Br)cn1)NCC. The number of nitrogens with one attached hydrogen (secondary N) is 1. The van der Waals surface area contributed by atoms with Crippen molar-refractivity contribution in [2.24, 2.45) is 0 Å². The Morgan fingerprint density at radius 1 is 1.38 bits per heavy atom. The number of hydrogen-bond donors (Lipinski definition) is 1. The molecule has 3 heteroatoms. The van der Waals surface area contributed by atoms with Gasteiger partial charge < -0.3 is 5.32 Å². The standard InChI is InChI=1S/C13H21BrN2/c1-3-5-6-12(15-4-2)9-13-8-7-11(14)10-16-13/h7-8,10,12,15H,3-6,9H2,1-2H3. The Kier molecular flexibility index (Phi) is 6.65. The topological polar surface area (TPSA) is 24.9 Å². The van der Waals surface area contributed by atoms with Gasteiger partial charge in [-0.1, -0.05) is 26.7 Å². The van der Waals surface area contributed by atoms with Crippen LogP contribution < -0.4 is 5.32 Å². The van der Waals surface area contributed by atoms with Crippen molar-refractivity contribution in [1.82, 2.24) is 10.3 Å². The smallest absolute Gasteiger partial charge is 0.0419 e. The van der Waals surface area contributed by atoms with Crippen LogP contribution in [0.3, 0.4) is 0 Å². The largest absolute Gasteiger partial charge is 0.314 e. The maximum atomic E-state index is 4.42. The fourth-order valence-corrected chi connectivity index (χ4v) is 2.03. The summed E-state index contributed by atoms with van der Waals surface area (Å²) < 4.78 is 1.05. The Morgan fingerprint density at radius 2 is 2.19 bits per heavy atom. The summed E-state index contributed by atoms with van der Waals surface area (Å²) in [5, 5.41) is 3.53. The second-order valence-electron chi connectivity index (χ2n) is 4.07. The van der Waals surface area contributed by atoms with Gasteiger partial charge in [0.1, 0.15) is 0 Å². The molecular formula is C13H21BrN2. The van der Waals surface area contributed by atoms with E-state index in [9.17, 15) is 0 Å². The van der Waals surface area contributed by atoms with E-state index in [4.69, 9.17) is 0 Å². The van der Waals surface area contributed by atoms with Crippen molar-refractivity contribution in [1.29, 1.82) is 0 Å². The van der Waals surface area contributed by atoms with Crippen LogP contribution in [0.25, 0.3) is 0 Å². The zero-order valence-electron chi connectivity index (χ0n) is 10.2. The van der Waals surface area contributed by atoms with Crippen LogP contribution in [-0.4, -0.2) is 17.6 Å². The Bertz CT molecular complexity index is 284. The van der Waals surface area contributed by atoms with Gasteiger partial charge in [0.25, 0.3) is 0 Å². The monoisotopic (exact) mass is 284 g/mol. The van der Waals surface area contributed by atoms with E-state index in [-0.39, 0.29) is 0 Å². The zero-order chi connectivity index (χ0) is 11.8. The number of rotatable bonds is 7. The number of pyridine rings is 1. The van der Waals surface area contributed by atoms with Crippen LogP contribution in [0.5, 0.6) is 0 Å². The highest BCUT2D eigenvalue weighted by molar-refractivity contribution is 9.10. The molecule has 0 radical (unpaired) electrons. The second-order valence-corrected chi connectivity index (χ2v) is 4.98. The van der Waals surface area contributed by atoms with E-state index in [1.165, 1.54) is 25.0 Å². The molecule has 0 saturated carbocycles. The first-order valence-electron chi connectivity index (χ1n) is 6.10. The molecule has 0 aliphatic carbocycles. The Balaban J connectivity index is 2.49. The van der Waals surface area contributed by atoms with Gasteiger partial charge in [-0.25, -0.2) is 0 Å². The van der Waals surface area contributed by atoms with Crippen LogP contribution in [0.15, 0.2) is 22.8 Å². The van der Waals surface area contributed by atoms with E-state index in [2.05, 4.69) is 52.2 Å². The molecule has 1 aromatic heterocycles. The van der Waals surface area contributed by atoms with E-state index in [0.29, 0.717) is 6.04 Å². The lowest BCUT2D eigenvalue weighted by Crippen LogP contribution is -2.31. The third kappa shape index (κ3) is 5.08. The summed E-state index contributed by atoms with van der Waals surface area (Å²) >= 11 is 3.41. The van der Waals surface area contributed by atoms with Gasteiger partial charge in [-0.05, 0) is 41.0 Å². The predicted octanol–water partition coefficient (Wildman–Crippen LogP) is 3.55. The average molecular weight is 285 g/mol. The minimum atomic E-state index is 0.568. The van der Waals surface area contributed by atoms with Crippen molar-refractivity contribution < 1.29 is 0 Å². The number of hydrogen-bond acceptors (Lipinski definition) is 2. The average Bonchev–Trinajstić information content (AvgIpc) is 2.29. The summed E-state index contributed by atoms with van der Waals surface area (Å²) in [6, 6.07) is 4.73. The van der Waals surface area contributed by atoms with Gasteiger partial charge in [-0.2, -0.15) is 0 Å². The van der Waals surface area contributed by atoms with Crippen LogP contribution in [0.4, 0.5) is 0 Å². The van der Waals surface area contributed by atoms with Crippen molar-refractivity contribution in [3.8, 4) is 0 Å². The van der Waals surface area contributed by atoms with Crippen molar-refractivity contribution in [2.75, 3.05) is 6.54 Å². The second kappa shape index (κ2) is 7.80. The number of halogens is 1. The number of nitrogens with zero attached hydrogens (tertiary/aromatic N) is 1. The van der Waals surface area contributed by atoms with Gasteiger partial charge in [0, 0.05) is 28.8 Å². The highest BCUT2D eigenvalue weighted by Gasteiger charge is 2.08. The molecule has 0 saturated heterocycles. The highest BCUT2D eigenvalue weighted by atomic mass is 79.9. The van der Waals surface area contributed by atoms with Gasteiger partial charge >= 0.3 is 0 Å². The molecule has 1 aromatic rings. The minimum absolute atomic E-state index is 0.568. The zero-order valence-corrected chi connectivity index (χ0v) is 11.8. The summed E-state index contributed by atoms with van der Waals surface area (Å²) in [6.07, 6.45) is 6.69. The molecule has 0 aliphatic rings. The first-order chi connectivity index (χ1) is 7.76. The number of likely N-dealkylation sites (N-methyl/N-ethyl adjacent to an activating group) is 1. The molecule has 1 unspecified atom stereocenters. The summed E-state index contributed by atoms with van der Waals surface area (Å²) in [7, 11) is 0. The van der Waals surface area contributed by atoms with E-state index in [1.54, 1.807) is 0 Å². The molecule has 2 nitrogen and oxygen atoms in total. The van der Waals surface area contributed by atoms with Gasteiger partial charge in [0.2, 0.25) is 0 Å². The quantitative estimate of drug-likeness (QED) is 0.828. The molecule has 0 aliphatic heterocycles. The van der Waals surface area contributed by atoms with Crippen molar-refractivity contribution >= 4 is 15.9 Å². The van der Waals surface area contributed by atoms with Crippen molar-refractivity contribution in [3.63, 3.8) is 0 Å². The summed E-state index contributed by atoms with van der Waals surface area (Å²) in [5.41, 5.74) is 1.17. The fraction of sp³-hybridized carbons (Fsp3) is 0.615. The Morgan fingerprint density at radius 3 is 2.75 bits per heavy atom. The molecule has 0 spiro atoms. The maximum Gasteiger partial charge on any atom is 0.0419 e. The van der Waals surface area contributed by atoms with E-state index in [0.717, 1.165) is 17.4 Å². The van der Waals surface area contributed by atoms with Crippen molar-refractivity contribution in [2.45, 2.75) is 45.6 Å². The molecule has 1 rings (SSSR count). The van der Waals surface area contributed by atoms with Gasteiger partial charge in [0.05, 0.1) is 0 Å². The van der Waals surface area contributed by atoms with Crippen LogP contribution in [0.1, 0.15) is 38.8 Å². The third-order valence-corrected chi connectivity index (χ3v) is 3.11. The van der Waals surface area contributed by atoms with Crippen LogP contribution >= 0.6 is 15.9 Å². The molecule has 0 amide bonds. The summed E-state index contributed by atoms with van der Waals surface area (Å²) in [6.45, 7) is 5.43. The van der Waals surface area contributed by atoms with E-state index < -0.39 is 0 Å². The molecule has 0 fully saturated rings. The Hall–Kier alpha value is -0.410. The van der Waals surface area contributed by atoms with Crippen LogP contribution in [0, 0.1) is 0 Å². The lowest BCUT2D eigenvalue weighted by Gasteiger charge is -2.17. The lowest BCUT2D eigenvalue weighted by atomic mass is 10.0. The number of unbranched alkanes of at least 4 members (excludes halogenated alkanes) is 1. The maximum absolute atomic E-state index is 4.42. The van der Waals surface area contributed by atoms with Gasteiger partial charge in [0.15, 0.2) is 0 Å². The first-order valence-corrected chi connectivity index (χ1v) is 6.89. The molecule has 90 valence electrons. The fourth-order valence-electron chi connectivity index (χ4n) is 1.80. The van der Waals surface area contributed by atoms with Crippen LogP contribution in [-0.2, 0) is 6.42 Å². The number of aromatic nitrogens is 1. The summed E-state index contributed by atoms with van der Waals surface area (Å²) in [5.74, 6) is 0. The van der Waals surface area contributed by atoms with Gasteiger partial charge in [-0.15, -0.1) is 0 Å². The van der Waals surface area contributed by atoms with E-state index >= 15 is 0 Å². The molecule has 1 N–H and O–H groups in total. The Labute approximate surface area is 107 Å². The van der Waals surface area contributed by atoms with E-state index in [1.807, 2.05) is 6.20 Å². The molecule has 0 aromatic carbocycles. The summed E-state index contributed by atoms with van der Waals surface area (Å²) in [4.78, 5) is 4.42. The third-order valence-electron chi connectivity index (χ3n) is 2.64. The highest BCUT2D eigenvalue weighted by Crippen LogP contribution is 2.11. The normalized spacial score (nSPS) is 12.7. The van der Waals surface area contributed by atoms with Crippen LogP contribution in [0.2, 0.25) is 0 Å². The lowest BCUT2D eigenvalue weighted by molar-refractivity contribution is 0.470. The molecule has 0 bridgehead atoms.